The molecule has 0 unspecified atom stereocenters. The molecule has 1 amide bonds. The van der Waals surface area contributed by atoms with Crippen LogP contribution in [-0.4, -0.2) is 12.2 Å². The smallest absolute Gasteiger partial charge is 0.263 e. The fourth-order valence-electron chi connectivity index (χ4n) is 2.18. The van der Waals surface area contributed by atoms with E-state index in [1.165, 1.54) is 0 Å². The van der Waals surface area contributed by atoms with E-state index in [4.69, 9.17) is 0 Å². The number of hydrogen-bond donors (Lipinski definition) is 0. The molecule has 0 aromatic heterocycles. The van der Waals surface area contributed by atoms with E-state index in [-0.39, 0.29) is 5.91 Å². The molecule has 3 aromatic carbocycles. The van der Waals surface area contributed by atoms with E-state index in [1.54, 1.807) is 23.4 Å². The lowest BCUT2D eigenvalue weighted by molar-refractivity contribution is 0.100. The Bertz CT molecular complexity index is 784. The molecule has 112 valence electrons. The van der Waals surface area contributed by atoms with Crippen LogP contribution in [0, 0.1) is 0 Å². The number of nitrogens with zero attached hydrogens (tertiary/aromatic N) is 2. The van der Waals surface area contributed by atoms with E-state index < -0.39 is 0 Å². The van der Waals surface area contributed by atoms with Gasteiger partial charge in [-0.3, -0.25) is 9.69 Å². The summed E-state index contributed by atoms with van der Waals surface area (Å²) in [5, 5.41) is 0. The minimum atomic E-state index is -0.114. The first-order valence-corrected chi connectivity index (χ1v) is 7.37. The first-order valence-electron chi connectivity index (χ1n) is 7.37. The molecule has 0 spiro atoms. The summed E-state index contributed by atoms with van der Waals surface area (Å²) < 4.78 is 0. The van der Waals surface area contributed by atoms with Gasteiger partial charge in [0.2, 0.25) is 0 Å². The highest BCUT2D eigenvalue weighted by Gasteiger charge is 2.15. The second-order valence-corrected chi connectivity index (χ2v) is 4.96. The van der Waals surface area contributed by atoms with Crippen molar-refractivity contribution >= 4 is 23.6 Å². The van der Waals surface area contributed by atoms with Gasteiger partial charge in [-0.1, -0.05) is 54.6 Å². The van der Waals surface area contributed by atoms with E-state index >= 15 is 0 Å². The van der Waals surface area contributed by atoms with Crippen molar-refractivity contribution in [2.24, 2.45) is 4.99 Å². The summed E-state index contributed by atoms with van der Waals surface area (Å²) in [6.07, 6.45) is 1.57. The van der Waals surface area contributed by atoms with Gasteiger partial charge in [0.05, 0.1) is 11.4 Å². The Morgan fingerprint density at radius 3 is 1.87 bits per heavy atom. The summed E-state index contributed by atoms with van der Waals surface area (Å²) in [6.45, 7) is 0. The number of aliphatic imine (C=N–C) groups is 1. The van der Waals surface area contributed by atoms with Crippen LogP contribution in [0.5, 0.6) is 0 Å². The third kappa shape index (κ3) is 3.71. The highest BCUT2D eigenvalue weighted by molar-refractivity contribution is 6.16. The third-order valence-corrected chi connectivity index (χ3v) is 3.35. The van der Waals surface area contributed by atoms with Gasteiger partial charge in [-0.05, 0) is 36.4 Å². The van der Waals surface area contributed by atoms with Crippen LogP contribution in [0.15, 0.2) is 96.0 Å². The standard InChI is InChI=1S/C20H16N2O/c23-20(17-10-4-1-5-11-17)22(19-14-8-3-9-15-19)16-21-18-12-6-2-7-13-18/h1-16H. The monoisotopic (exact) mass is 300 g/mol. The van der Waals surface area contributed by atoms with Crippen molar-refractivity contribution in [1.29, 1.82) is 0 Å². The fraction of sp³-hybridized carbons (Fsp3) is 0. The Morgan fingerprint density at radius 1 is 0.739 bits per heavy atom. The molecule has 3 aromatic rings. The highest BCUT2D eigenvalue weighted by Crippen LogP contribution is 2.17. The number of hydrogen-bond acceptors (Lipinski definition) is 2. The molecule has 0 bridgehead atoms. The first-order chi connectivity index (χ1) is 11.3. The lowest BCUT2D eigenvalue weighted by atomic mass is 10.2. The van der Waals surface area contributed by atoms with Gasteiger partial charge in [0.25, 0.3) is 5.91 Å². The van der Waals surface area contributed by atoms with Gasteiger partial charge in [-0.15, -0.1) is 0 Å². The average Bonchev–Trinajstić information content (AvgIpc) is 2.64. The normalized spacial score (nSPS) is 10.6. The molecule has 0 saturated carbocycles. The molecule has 3 nitrogen and oxygen atoms in total. The van der Waals surface area contributed by atoms with Crippen LogP contribution in [-0.2, 0) is 0 Å². The van der Waals surface area contributed by atoms with Crippen LogP contribution in [0.2, 0.25) is 0 Å². The van der Waals surface area contributed by atoms with Gasteiger partial charge in [-0.25, -0.2) is 4.99 Å². The van der Waals surface area contributed by atoms with Crippen molar-refractivity contribution in [2.45, 2.75) is 0 Å². The first kappa shape index (κ1) is 14.7. The van der Waals surface area contributed by atoms with Crippen LogP contribution in [0.3, 0.4) is 0 Å². The zero-order chi connectivity index (χ0) is 15.9. The molecule has 0 N–H and O–H groups in total. The molecular weight excluding hydrogens is 284 g/mol. The lowest BCUT2D eigenvalue weighted by Crippen LogP contribution is -2.29. The molecule has 0 aliphatic carbocycles. The number of benzene rings is 3. The average molecular weight is 300 g/mol. The summed E-state index contributed by atoms with van der Waals surface area (Å²) >= 11 is 0. The van der Waals surface area contributed by atoms with Gasteiger partial charge in [0.1, 0.15) is 6.34 Å². The summed E-state index contributed by atoms with van der Waals surface area (Å²) in [4.78, 5) is 18.8. The van der Waals surface area contributed by atoms with Gasteiger partial charge in [0.15, 0.2) is 0 Å². The van der Waals surface area contributed by atoms with Crippen LogP contribution in [0.4, 0.5) is 11.4 Å². The predicted octanol–water partition coefficient (Wildman–Crippen LogP) is 4.69. The summed E-state index contributed by atoms with van der Waals surface area (Å²) in [5.41, 5.74) is 2.20. The Hall–Kier alpha value is -3.20. The minimum absolute atomic E-state index is 0.114. The van der Waals surface area contributed by atoms with E-state index in [0.29, 0.717) is 5.56 Å². The molecule has 0 atom stereocenters. The number of carbonyl (C=O) groups excluding carboxylic acids is 1. The highest BCUT2D eigenvalue weighted by atomic mass is 16.2. The van der Waals surface area contributed by atoms with Gasteiger partial charge in [0, 0.05) is 5.56 Å². The van der Waals surface area contributed by atoms with Crippen molar-refractivity contribution in [2.75, 3.05) is 4.90 Å². The Labute approximate surface area is 135 Å². The summed E-state index contributed by atoms with van der Waals surface area (Å²) in [5.74, 6) is -0.114. The number of carbonyl (C=O) groups is 1. The largest absolute Gasteiger partial charge is 0.268 e. The molecule has 0 aliphatic rings. The van der Waals surface area contributed by atoms with Crippen LogP contribution >= 0.6 is 0 Å². The topological polar surface area (TPSA) is 32.7 Å². The summed E-state index contributed by atoms with van der Waals surface area (Å²) in [7, 11) is 0. The molecule has 0 radical (unpaired) electrons. The lowest BCUT2D eigenvalue weighted by Gasteiger charge is -2.17. The third-order valence-electron chi connectivity index (χ3n) is 3.35. The maximum absolute atomic E-state index is 12.8. The number of rotatable bonds is 4. The molecule has 3 heteroatoms. The number of amides is 1. The Morgan fingerprint density at radius 2 is 1.26 bits per heavy atom. The van der Waals surface area contributed by atoms with Crippen LogP contribution in [0.1, 0.15) is 10.4 Å². The predicted molar refractivity (Wildman–Crippen MR) is 94.3 cm³/mol. The maximum Gasteiger partial charge on any atom is 0.263 e. The van der Waals surface area contributed by atoms with Crippen molar-refractivity contribution < 1.29 is 4.79 Å². The number of para-hydroxylation sites is 2. The summed E-state index contributed by atoms with van der Waals surface area (Å²) in [6, 6.07) is 28.2. The van der Waals surface area contributed by atoms with Gasteiger partial charge in [-0.2, -0.15) is 0 Å². The van der Waals surface area contributed by atoms with Crippen molar-refractivity contribution in [3.8, 4) is 0 Å². The Kier molecular flexibility index (Phi) is 4.60. The molecule has 0 heterocycles. The molecule has 3 rings (SSSR count). The van der Waals surface area contributed by atoms with E-state index in [1.807, 2.05) is 78.9 Å². The SMILES string of the molecule is O=C(c1ccccc1)N(C=Nc1ccccc1)c1ccccc1. The van der Waals surface area contributed by atoms with E-state index in [0.717, 1.165) is 11.4 Å². The second-order valence-electron chi connectivity index (χ2n) is 4.96. The van der Waals surface area contributed by atoms with Crippen LogP contribution < -0.4 is 4.90 Å². The van der Waals surface area contributed by atoms with Crippen molar-refractivity contribution in [3.63, 3.8) is 0 Å². The maximum atomic E-state index is 12.8. The fourth-order valence-corrected chi connectivity index (χ4v) is 2.18. The molecule has 0 aliphatic heterocycles. The minimum Gasteiger partial charge on any atom is -0.268 e. The van der Waals surface area contributed by atoms with E-state index in [2.05, 4.69) is 4.99 Å². The van der Waals surface area contributed by atoms with Crippen LogP contribution in [0.25, 0.3) is 0 Å². The molecule has 23 heavy (non-hydrogen) atoms. The zero-order valence-electron chi connectivity index (χ0n) is 12.5. The van der Waals surface area contributed by atoms with Gasteiger partial charge >= 0.3 is 0 Å². The van der Waals surface area contributed by atoms with Crippen molar-refractivity contribution in [3.05, 3.63) is 96.6 Å². The molecule has 0 fully saturated rings. The quantitative estimate of drug-likeness (QED) is 0.508. The van der Waals surface area contributed by atoms with E-state index in [9.17, 15) is 4.79 Å². The Balaban J connectivity index is 1.95. The van der Waals surface area contributed by atoms with Gasteiger partial charge < -0.3 is 0 Å². The number of anilines is 1. The second kappa shape index (κ2) is 7.18. The zero-order valence-corrected chi connectivity index (χ0v) is 12.5. The molecule has 0 saturated heterocycles. The molecular formula is C20H16N2O. The van der Waals surface area contributed by atoms with Crippen molar-refractivity contribution in [1.82, 2.24) is 0 Å².